The summed E-state index contributed by atoms with van der Waals surface area (Å²) in [5.74, 6) is -0.147. The summed E-state index contributed by atoms with van der Waals surface area (Å²) in [4.78, 5) is 23.7. The first-order valence-electron chi connectivity index (χ1n) is 5.28. The molecule has 1 radical (unpaired) electrons. The first-order valence-corrected chi connectivity index (χ1v) is 5.28. The first-order chi connectivity index (χ1) is 6.92. The van der Waals surface area contributed by atoms with Crippen LogP contribution in [0.25, 0.3) is 0 Å². The third kappa shape index (κ3) is 3.90. The van der Waals surface area contributed by atoms with E-state index in [4.69, 9.17) is 4.74 Å². The standard InChI is InChI=1S/C11H18NO3/c1-11(2,3)15-10(14)12-6-4-5-9(7-12)8-13/h9H,4-7H2,1-3H3/t9-/m1/s1. The summed E-state index contributed by atoms with van der Waals surface area (Å²) < 4.78 is 5.23. The van der Waals surface area contributed by atoms with E-state index in [9.17, 15) is 9.59 Å². The smallest absolute Gasteiger partial charge is 0.410 e. The van der Waals surface area contributed by atoms with E-state index in [2.05, 4.69) is 0 Å². The Kier molecular flexibility index (Phi) is 3.72. The van der Waals surface area contributed by atoms with Crippen LogP contribution in [-0.2, 0) is 9.53 Å². The molecule has 1 atom stereocenters. The van der Waals surface area contributed by atoms with Gasteiger partial charge in [-0.15, -0.1) is 0 Å². The molecule has 0 N–H and O–H groups in total. The van der Waals surface area contributed by atoms with Crippen molar-refractivity contribution in [1.29, 1.82) is 0 Å². The highest BCUT2D eigenvalue weighted by Crippen LogP contribution is 2.17. The average Bonchev–Trinajstić information content (AvgIpc) is 2.15. The molecule has 4 heteroatoms. The van der Waals surface area contributed by atoms with Crippen LogP contribution >= 0.6 is 0 Å². The molecule has 0 bridgehead atoms. The van der Waals surface area contributed by atoms with Crippen LogP contribution < -0.4 is 0 Å². The summed E-state index contributed by atoms with van der Waals surface area (Å²) in [6.07, 6.45) is 3.29. The molecule has 0 aliphatic carbocycles. The van der Waals surface area contributed by atoms with Crippen molar-refractivity contribution in [2.24, 2.45) is 5.92 Å². The van der Waals surface area contributed by atoms with E-state index in [1.54, 1.807) is 4.90 Å². The highest BCUT2D eigenvalue weighted by Gasteiger charge is 2.27. The Bertz CT molecular complexity index is 245. The van der Waals surface area contributed by atoms with Gasteiger partial charge in [0.15, 0.2) is 0 Å². The largest absolute Gasteiger partial charge is 0.444 e. The van der Waals surface area contributed by atoms with Gasteiger partial charge < -0.3 is 9.64 Å². The molecule has 1 fully saturated rings. The van der Waals surface area contributed by atoms with Crippen LogP contribution in [0.15, 0.2) is 0 Å². The molecule has 1 rings (SSSR count). The molecule has 1 heterocycles. The molecular weight excluding hydrogens is 194 g/mol. The second-order valence-electron chi connectivity index (χ2n) is 4.88. The molecule has 0 aromatic rings. The molecule has 4 nitrogen and oxygen atoms in total. The molecule has 1 saturated heterocycles. The van der Waals surface area contributed by atoms with Crippen molar-refractivity contribution in [1.82, 2.24) is 4.90 Å². The Morgan fingerprint density at radius 3 is 2.67 bits per heavy atom. The molecule has 15 heavy (non-hydrogen) atoms. The molecule has 0 aromatic heterocycles. The lowest BCUT2D eigenvalue weighted by Crippen LogP contribution is -2.43. The number of carbonyl (C=O) groups excluding carboxylic acids is 2. The molecular formula is C11H18NO3. The van der Waals surface area contributed by atoms with E-state index < -0.39 is 5.60 Å². The molecule has 1 aliphatic heterocycles. The van der Waals surface area contributed by atoms with E-state index in [-0.39, 0.29) is 12.0 Å². The summed E-state index contributed by atoms with van der Waals surface area (Å²) in [6, 6.07) is 0. The van der Waals surface area contributed by atoms with Gasteiger partial charge in [0.1, 0.15) is 5.60 Å². The third-order valence-electron chi connectivity index (χ3n) is 2.24. The van der Waals surface area contributed by atoms with E-state index in [0.717, 1.165) is 12.8 Å². The fourth-order valence-corrected chi connectivity index (χ4v) is 1.57. The predicted molar refractivity (Wildman–Crippen MR) is 56.2 cm³/mol. The van der Waals surface area contributed by atoms with Crippen LogP contribution in [0.3, 0.4) is 0 Å². The van der Waals surface area contributed by atoms with Crippen molar-refractivity contribution in [2.75, 3.05) is 13.1 Å². The first kappa shape index (κ1) is 12.0. The summed E-state index contributed by atoms with van der Waals surface area (Å²) in [5.41, 5.74) is -0.477. The van der Waals surface area contributed by atoms with E-state index in [1.807, 2.05) is 27.1 Å². The zero-order valence-corrected chi connectivity index (χ0v) is 9.58. The van der Waals surface area contributed by atoms with Gasteiger partial charge in [0.25, 0.3) is 0 Å². The van der Waals surface area contributed by atoms with Gasteiger partial charge in [0.05, 0.1) is 0 Å². The van der Waals surface area contributed by atoms with Gasteiger partial charge in [-0.3, -0.25) is 4.79 Å². The second kappa shape index (κ2) is 4.64. The predicted octanol–water partition coefficient (Wildman–Crippen LogP) is 1.74. The zero-order valence-electron chi connectivity index (χ0n) is 9.58. The van der Waals surface area contributed by atoms with Crippen molar-refractivity contribution >= 4 is 12.4 Å². The lowest BCUT2D eigenvalue weighted by Gasteiger charge is -2.31. The van der Waals surface area contributed by atoms with Crippen LogP contribution in [0.4, 0.5) is 4.79 Å². The van der Waals surface area contributed by atoms with Crippen LogP contribution in [0, 0.1) is 5.92 Å². The molecule has 1 amide bonds. The monoisotopic (exact) mass is 212 g/mol. The second-order valence-corrected chi connectivity index (χ2v) is 4.88. The number of amides is 1. The van der Waals surface area contributed by atoms with Gasteiger partial charge in [0, 0.05) is 19.0 Å². The summed E-state index contributed by atoms with van der Waals surface area (Å²) in [7, 11) is 0. The Balaban J connectivity index is 2.49. The lowest BCUT2D eigenvalue weighted by molar-refractivity contribution is 0.0193. The minimum atomic E-state index is -0.477. The van der Waals surface area contributed by atoms with Gasteiger partial charge in [-0.2, -0.15) is 0 Å². The summed E-state index contributed by atoms with van der Waals surface area (Å²) in [6.45, 7) is 6.61. The van der Waals surface area contributed by atoms with E-state index >= 15 is 0 Å². The van der Waals surface area contributed by atoms with Crippen molar-refractivity contribution in [3.63, 3.8) is 0 Å². The number of carbonyl (C=O) groups is 1. The fourth-order valence-electron chi connectivity index (χ4n) is 1.57. The Hall–Kier alpha value is -1.06. The number of hydrogen-bond donors (Lipinski definition) is 0. The number of piperidine rings is 1. The van der Waals surface area contributed by atoms with Gasteiger partial charge in [-0.25, -0.2) is 4.79 Å². The Labute approximate surface area is 90.6 Å². The van der Waals surface area contributed by atoms with E-state index in [0.29, 0.717) is 13.1 Å². The van der Waals surface area contributed by atoms with Crippen LogP contribution in [0.2, 0.25) is 0 Å². The van der Waals surface area contributed by atoms with Crippen molar-refractivity contribution < 1.29 is 14.3 Å². The number of likely N-dealkylation sites (tertiary alicyclic amines) is 1. The van der Waals surface area contributed by atoms with Gasteiger partial charge >= 0.3 is 6.09 Å². The normalized spacial score (nSPS) is 22.3. The fraction of sp³-hybridized carbons (Fsp3) is 0.818. The highest BCUT2D eigenvalue weighted by atomic mass is 16.6. The van der Waals surface area contributed by atoms with Crippen molar-refractivity contribution in [3.8, 4) is 0 Å². The van der Waals surface area contributed by atoms with Crippen LogP contribution in [0.1, 0.15) is 33.6 Å². The summed E-state index contributed by atoms with van der Waals surface area (Å²) >= 11 is 0. The van der Waals surface area contributed by atoms with Gasteiger partial charge in [0.2, 0.25) is 6.29 Å². The molecule has 0 saturated carbocycles. The number of nitrogens with zero attached hydrogens (tertiary/aromatic N) is 1. The van der Waals surface area contributed by atoms with Crippen LogP contribution in [0.5, 0.6) is 0 Å². The molecule has 85 valence electrons. The van der Waals surface area contributed by atoms with Crippen LogP contribution in [-0.4, -0.2) is 36.0 Å². The maximum atomic E-state index is 11.6. The average molecular weight is 212 g/mol. The van der Waals surface area contributed by atoms with Gasteiger partial charge in [-0.1, -0.05) is 0 Å². The quantitative estimate of drug-likeness (QED) is 0.665. The van der Waals surface area contributed by atoms with Crippen molar-refractivity contribution in [3.05, 3.63) is 0 Å². The highest BCUT2D eigenvalue weighted by molar-refractivity contribution is 5.69. The zero-order chi connectivity index (χ0) is 11.5. The molecule has 1 aliphatic rings. The Morgan fingerprint density at radius 1 is 1.47 bits per heavy atom. The maximum Gasteiger partial charge on any atom is 0.410 e. The Morgan fingerprint density at radius 2 is 2.13 bits per heavy atom. The van der Waals surface area contributed by atoms with Crippen molar-refractivity contribution in [2.45, 2.75) is 39.2 Å². The summed E-state index contributed by atoms with van der Waals surface area (Å²) in [5, 5.41) is 0. The topological polar surface area (TPSA) is 46.6 Å². The van der Waals surface area contributed by atoms with Gasteiger partial charge in [-0.05, 0) is 33.6 Å². The lowest BCUT2D eigenvalue weighted by atomic mass is 10.0. The molecule has 0 unspecified atom stereocenters. The number of hydrogen-bond acceptors (Lipinski definition) is 3. The SMILES string of the molecule is CC(C)(C)OC(=O)N1CCC[C@@H]([C]=O)C1. The maximum absolute atomic E-state index is 11.6. The minimum Gasteiger partial charge on any atom is -0.444 e. The number of rotatable bonds is 1. The number of ether oxygens (including phenoxy) is 1. The van der Waals surface area contributed by atoms with E-state index in [1.165, 1.54) is 0 Å². The molecule has 0 aromatic carbocycles. The molecule has 0 spiro atoms. The third-order valence-corrected chi connectivity index (χ3v) is 2.24. The minimum absolute atomic E-state index is 0.147.